The van der Waals surface area contributed by atoms with Crippen molar-refractivity contribution in [2.24, 2.45) is 0 Å². The van der Waals surface area contributed by atoms with E-state index in [1.165, 1.54) is 23.5 Å². The summed E-state index contributed by atoms with van der Waals surface area (Å²) in [5, 5.41) is 7.24. The molecule has 0 spiro atoms. The van der Waals surface area contributed by atoms with E-state index in [-0.39, 0.29) is 18.1 Å². The van der Waals surface area contributed by atoms with Gasteiger partial charge in [-0.2, -0.15) is 0 Å². The number of rotatable bonds is 6. The van der Waals surface area contributed by atoms with E-state index in [9.17, 15) is 14.4 Å². The van der Waals surface area contributed by atoms with Crippen molar-refractivity contribution in [3.63, 3.8) is 0 Å². The van der Waals surface area contributed by atoms with Gasteiger partial charge in [-0.25, -0.2) is 4.79 Å². The van der Waals surface area contributed by atoms with Gasteiger partial charge in [0.05, 0.1) is 10.4 Å². The van der Waals surface area contributed by atoms with Gasteiger partial charge in [0.1, 0.15) is 0 Å². The molecule has 2 aromatic carbocycles. The number of anilines is 2. The predicted molar refractivity (Wildman–Crippen MR) is 109 cm³/mol. The topological polar surface area (TPSA) is 84.5 Å². The summed E-state index contributed by atoms with van der Waals surface area (Å²) < 4.78 is 5.04. The molecule has 1 aromatic heterocycles. The third kappa shape index (κ3) is 5.28. The van der Waals surface area contributed by atoms with Crippen LogP contribution in [0.15, 0.2) is 66.0 Å². The lowest BCUT2D eigenvalue weighted by atomic mass is 10.2. The summed E-state index contributed by atoms with van der Waals surface area (Å²) in [6.07, 6.45) is 0. The lowest BCUT2D eigenvalue weighted by Crippen LogP contribution is -2.21. The molecule has 0 radical (unpaired) electrons. The van der Waals surface area contributed by atoms with Crippen LogP contribution in [0.5, 0.6) is 0 Å². The molecule has 28 heavy (non-hydrogen) atoms. The molecule has 3 aromatic rings. The molecule has 2 amide bonds. The van der Waals surface area contributed by atoms with Crippen LogP contribution >= 0.6 is 11.3 Å². The highest BCUT2D eigenvalue weighted by molar-refractivity contribution is 7.12. The number of hydrogen-bond donors (Lipinski definition) is 2. The largest absolute Gasteiger partial charge is 0.452 e. The Hall–Kier alpha value is -3.45. The minimum Gasteiger partial charge on any atom is -0.452 e. The Labute approximate surface area is 166 Å². The molecule has 142 valence electrons. The number of thiophene rings is 1. The molecule has 1 heterocycles. The van der Waals surface area contributed by atoms with Gasteiger partial charge in [-0.05, 0) is 60.3 Å². The van der Waals surface area contributed by atoms with Gasteiger partial charge in [0.15, 0.2) is 6.61 Å². The molecule has 0 unspecified atom stereocenters. The fraction of sp³-hybridized carbons (Fsp3) is 0.0952. The molecule has 0 atom stereocenters. The second-order valence-electron chi connectivity index (χ2n) is 6.00. The molecule has 7 heteroatoms. The number of esters is 1. The van der Waals surface area contributed by atoms with Crippen LogP contribution in [0.25, 0.3) is 0 Å². The first kappa shape index (κ1) is 19.3. The van der Waals surface area contributed by atoms with Crippen molar-refractivity contribution in [2.75, 3.05) is 17.2 Å². The maximum absolute atomic E-state index is 12.1. The van der Waals surface area contributed by atoms with Crippen molar-refractivity contribution < 1.29 is 19.1 Å². The molecule has 0 bridgehead atoms. The summed E-state index contributed by atoms with van der Waals surface area (Å²) in [7, 11) is 0. The van der Waals surface area contributed by atoms with E-state index in [1.54, 1.807) is 30.3 Å². The molecule has 3 rings (SSSR count). The zero-order valence-electron chi connectivity index (χ0n) is 15.1. The van der Waals surface area contributed by atoms with Crippen LogP contribution in [0.1, 0.15) is 25.6 Å². The van der Waals surface area contributed by atoms with Crippen molar-refractivity contribution in [1.82, 2.24) is 0 Å². The Balaban J connectivity index is 1.50. The second-order valence-corrected chi connectivity index (χ2v) is 6.95. The van der Waals surface area contributed by atoms with Crippen molar-refractivity contribution in [3.8, 4) is 0 Å². The van der Waals surface area contributed by atoms with Gasteiger partial charge in [0.25, 0.3) is 11.8 Å². The highest BCUT2D eigenvalue weighted by Crippen LogP contribution is 2.15. The van der Waals surface area contributed by atoms with Gasteiger partial charge >= 0.3 is 5.97 Å². The lowest BCUT2D eigenvalue weighted by molar-refractivity contribution is -0.119. The minimum absolute atomic E-state index is 0.210. The molecule has 0 aliphatic rings. The predicted octanol–water partition coefficient (Wildman–Crippen LogP) is 4.10. The Morgan fingerprint density at radius 3 is 2.39 bits per heavy atom. The summed E-state index contributed by atoms with van der Waals surface area (Å²) in [5.74, 6) is -1.24. The number of hydrogen-bond acceptors (Lipinski definition) is 5. The molecular formula is C21H18N2O4S. The van der Waals surface area contributed by atoms with Gasteiger partial charge in [-0.15, -0.1) is 11.3 Å². The molecule has 6 nitrogen and oxygen atoms in total. The van der Waals surface area contributed by atoms with Gasteiger partial charge in [-0.1, -0.05) is 18.2 Å². The number of amides is 2. The van der Waals surface area contributed by atoms with Crippen LogP contribution in [0.3, 0.4) is 0 Å². The number of nitrogens with one attached hydrogen (secondary N) is 2. The zero-order valence-corrected chi connectivity index (χ0v) is 15.9. The third-order valence-electron chi connectivity index (χ3n) is 3.76. The number of carbonyl (C=O) groups is 3. The maximum atomic E-state index is 12.1. The second kappa shape index (κ2) is 8.96. The van der Waals surface area contributed by atoms with E-state index < -0.39 is 11.9 Å². The van der Waals surface area contributed by atoms with Crippen LogP contribution in [-0.2, 0) is 9.53 Å². The fourth-order valence-corrected chi connectivity index (χ4v) is 3.04. The first-order valence-corrected chi connectivity index (χ1v) is 9.38. The van der Waals surface area contributed by atoms with E-state index in [4.69, 9.17) is 4.74 Å². The average molecular weight is 394 g/mol. The first-order valence-electron chi connectivity index (χ1n) is 8.50. The molecule has 0 aliphatic carbocycles. The van der Waals surface area contributed by atoms with E-state index in [2.05, 4.69) is 10.6 Å². The molecule has 2 N–H and O–H groups in total. The molecular weight excluding hydrogens is 376 g/mol. The maximum Gasteiger partial charge on any atom is 0.338 e. The number of aryl methyl sites for hydroxylation is 1. The SMILES string of the molecule is Cc1cccc(NC(=O)COC(=O)c2ccc(NC(=O)c3cccs3)cc2)c1. The Morgan fingerprint density at radius 1 is 0.929 bits per heavy atom. The van der Waals surface area contributed by atoms with Gasteiger partial charge in [-0.3, -0.25) is 9.59 Å². The van der Waals surface area contributed by atoms with E-state index >= 15 is 0 Å². The molecule has 0 aliphatic heterocycles. The van der Waals surface area contributed by atoms with E-state index in [0.29, 0.717) is 16.3 Å². The van der Waals surface area contributed by atoms with Gasteiger partial charge in [0.2, 0.25) is 0 Å². The van der Waals surface area contributed by atoms with Crippen molar-refractivity contribution in [3.05, 3.63) is 82.0 Å². The summed E-state index contributed by atoms with van der Waals surface area (Å²) in [6.45, 7) is 1.53. The van der Waals surface area contributed by atoms with E-state index in [1.807, 2.05) is 30.5 Å². The Bertz CT molecular complexity index is 982. The molecule has 0 saturated carbocycles. The number of carbonyl (C=O) groups excluding carboxylic acids is 3. The van der Waals surface area contributed by atoms with Gasteiger partial charge in [0, 0.05) is 11.4 Å². The van der Waals surface area contributed by atoms with Crippen LogP contribution in [-0.4, -0.2) is 24.4 Å². The zero-order chi connectivity index (χ0) is 19.9. The Morgan fingerprint density at radius 2 is 1.71 bits per heavy atom. The highest BCUT2D eigenvalue weighted by atomic mass is 32.1. The van der Waals surface area contributed by atoms with Crippen LogP contribution < -0.4 is 10.6 Å². The summed E-state index contributed by atoms with van der Waals surface area (Å²) >= 11 is 1.34. The smallest absolute Gasteiger partial charge is 0.338 e. The van der Waals surface area contributed by atoms with Crippen LogP contribution in [0.2, 0.25) is 0 Å². The monoisotopic (exact) mass is 394 g/mol. The normalized spacial score (nSPS) is 10.2. The lowest BCUT2D eigenvalue weighted by Gasteiger charge is -2.08. The molecule has 0 fully saturated rings. The highest BCUT2D eigenvalue weighted by Gasteiger charge is 2.12. The first-order chi connectivity index (χ1) is 13.5. The quantitative estimate of drug-likeness (QED) is 0.617. The fourth-order valence-electron chi connectivity index (χ4n) is 2.42. The third-order valence-corrected chi connectivity index (χ3v) is 4.63. The van der Waals surface area contributed by atoms with Crippen LogP contribution in [0, 0.1) is 6.92 Å². The summed E-state index contributed by atoms with van der Waals surface area (Å²) in [5.41, 5.74) is 2.51. The standard InChI is InChI=1S/C21H18N2O4S/c1-14-4-2-5-17(12-14)22-19(24)13-27-21(26)15-7-9-16(10-8-15)23-20(25)18-6-3-11-28-18/h2-12H,13H2,1H3,(H,22,24)(H,23,25). The average Bonchev–Trinajstić information content (AvgIpc) is 3.22. The number of ether oxygens (including phenoxy) is 1. The minimum atomic E-state index is -0.615. The van der Waals surface area contributed by atoms with Crippen molar-refractivity contribution >= 4 is 40.5 Å². The van der Waals surface area contributed by atoms with E-state index in [0.717, 1.165) is 5.56 Å². The molecule has 0 saturated heterocycles. The van der Waals surface area contributed by atoms with Crippen molar-refractivity contribution in [1.29, 1.82) is 0 Å². The van der Waals surface area contributed by atoms with Gasteiger partial charge < -0.3 is 15.4 Å². The number of benzene rings is 2. The van der Waals surface area contributed by atoms with Crippen LogP contribution in [0.4, 0.5) is 11.4 Å². The Kier molecular flexibility index (Phi) is 6.18. The summed E-state index contributed by atoms with van der Waals surface area (Å²) in [4.78, 5) is 36.6. The summed E-state index contributed by atoms with van der Waals surface area (Å²) in [6, 6.07) is 17.1. The van der Waals surface area contributed by atoms with Crippen molar-refractivity contribution in [2.45, 2.75) is 6.92 Å².